The fourth-order valence-corrected chi connectivity index (χ4v) is 3.89. The monoisotopic (exact) mass is 373 g/mol. The molecule has 2 amide bonds. The zero-order valence-corrected chi connectivity index (χ0v) is 15.0. The van der Waals surface area contributed by atoms with Crippen molar-refractivity contribution in [3.05, 3.63) is 65.2 Å². The minimum Gasteiger partial charge on any atom is -0.270 e. The number of hydrogen-bond acceptors (Lipinski definition) is 4. The number of amides is 2. The van der Waals surface area contributed by atoms with Gasteiger partial charge in [0, 0.05) is 17.7 Å². The van der Waals surface area contributed by atoms with E-state index < -0.39 is 21.8 Å². The number of carbonyl (C=O) groups excluding carboxylic acids is 2. The lowest BCUT2D eigenvalue weighted by molar-refractivity contribution is 0.0846. The predicted octanol–water partition coefficient (Wildman–Crippen LogP) is 1.47. The van der Waals surface area contributed by atoms with Gasteiger partial charge in [0.2, 0.25) is 10.0 Å². The van der Waals surface area contributed by atoms with Gasteiger partial charge in [0.05, 0.1) is 11.9 Å². The molecule has 0 atom stereocenters. The Morgan fingerprint density at radius 1 is 0.962 bits per heavy atom. The SMILES string of the molecule is CS(=O)(=O)N1CCCc2cc(C(=O)NNC(=O)c3ccccc3)ccc21. The van der Waals surface area contributed by atoms with Gasteiger partial charge in [-0.1, -0.05) is 18.2 Å². The molecule has 0 bridgehead atoms. The molecule has 1 heterocycles. The molecule has 0 aliphatic carbocycles. The highest BCUT2D eigenvalue weighted by Gasteiger charge is 2.24. The molecular weight excluding hydrogens is 354 g/mol. The van der Waals surface area contributed by atoms with Crippen molar-refractivity contribution in [1.29, 1.82) is 0 Å². The first-order valence-electron chi connectivity index (χ1n) is 8.12. The fraction of sp³-hybridized carbons (Fsp3) is 0.222. The van der Waals surface area contributed by atoms with Crippen LogP contribution in [0, 0.1) is 0 Å². The molecule has 0 saturated carbocycles. The van der Waals surface area contributed by atoms with Crippen molar-refractivity contribution < 1.29 is 18.0 Å². The van der Waals surface area contributed by atoms with Crippen molar-refractivity contribution in [2.24, 2.45) is 0 Å². The molecule has 2 N–H and O–H groups in total. The summed E-state index contributed by atoms with van der Waals surface area (Å²) in [4.78, 5) is 24.3. The van der Waals surface area contributed by atoms with E-state index in [4.69, 9.17) is 0 Å². The Morgan fingerprint density at radius 2 is 1.62 bits per heavy atom. The van der Waals surface area contributed by atoms with Crippen molar-refractivity contribution in [3.8, 4) is 0 Å². The maximum absolute atomic E-state index is 12.3. The van der Waals surface area contributed by atoms with E-state index in [0.717, 1.165) is 5.56 Å². The smallest absolute Gasteiger partial charge is 0.269 e. The van der Waals surface area contributed by atoms with Gasteiger partial charge < -0.3 is 0 Å². The van der Waals surface area contributed by atoms with Gasteiger partial charge in [-0.25, -0.2) is 8.42 Å². The van der Waals surface area contributed by atoms with E-state index in [-0.39, 0.29) is 0 Å². The molecule has 26 heavy (non-hydrogen) atoms. The van der Waals surface area contributed by atoms with Crippen molar-refractivity contribution in [1.82, 2.24) is 10.9 Å². The Morgan fingerprint density at radius 3 is 2.27 bits per heavy atom. The molecule has 2 aromatic rings. The molecule has 0 aromatic heterocycles. The van der Waals surface area contributed by atoms with Gasteiger partial charge in [-0.05, 0) is 48.7 Å². The van der Waals surface area contributed by atoms with Crippen molar-refractivity contribution >= 4 is 27.5 Å². The molecule has 0 radical (unpaired) electrons. The van der Waals surface area contributed by atoms with Crippen LogP contribution in [-0.4, -0.2) is 33.0 Å². The second kappa shape index (κ2) is 7.17. The van der Waals surface area contributed by atoms with Crippen LogP contribution in [0.2, 0.25) is 0 Å². The van der Waals surface area contributed by atoms with Gasteiger partial charge in [0.1, 0.15) is 0 Å². The lowest BCUT2D eigenvalue weighted by Gasteiger charge is -2.29. The number of sulfonamides is 1. The number of rotatable bonds is 3. The van der Waals surface area contributed by atoms with Gasteiger partial charge in [-0.3, -0.25) is 24.7 Å². The molecule has 1 aliphatic heterocycles. The van der Waals surface area contributed by atoms with E-state index in [2.05, 4.69) is 10.9 Å². The highest BCUT2D eigenvalue weighted by molar-refractivity contribution is 7.92. The van der Waals surface area contributed by atoms with Crippen LogP contribution in [0.3, 0.4) is 0 Å². The van der Waals surface area contributed by atoms with E-state index in [0.29, 0.717) is 36.2 Å². The number of nitrogens with zero attached hydrogens (tertiary/aromatic N) is 1. The first-order valence-corrected chi connectivity index (χ1v) is 9.97. The molecular formula is C18H19N3O4S. The average molecular weight is 373 g/mol. The summed E-state index contributed by atoms with van der Waals surface area (Å²) in [5.74, 6) is -0.881. The topological polar surface area (TPSA) is 95.6 Å². The third-order valence-electron chi connectivity index (χ3n) is 4.14. The Kier molecular flexibility index (Phi) is 4.94. The maximum Gasteiger partial charge on any atom is 0.269 e. The first kappa shape index (κ1) is 17.9. The third-order valence-corrected chi connectivity index (χ3v) is 5.32. The molecule has 0 unspecified atom stereocenters. The number of anilines is 1. The van der Waals surface area contributed by atoms with E-state index in [1.165, 1.54) is 10.6 Å². The summed E-state index contributed by atoms with van der Waals surface area (Å²) in [6.45, 7) is 0.435. The summed E-state index contributed by atoms with van der Waals surface area (Å²) in [6, 6.07) is 13.4. The molecule has 0 fully saturated rings. The molecule has 3 rings (SSSR count). The third kappa shape index (κ3) is 3.85. The Bertz CT molecular complexity index is 942. The lowest BCUT2D eigenvalue weighted by atomic mass is 10.0. The zero-order valence-electron chi connectivity index (χ0n) is 14.2. The summed E-state index contributed by atoms with van der Waals surface area (Å²) < 4.78 is 25.1. The van der Waals surface area contributed by atoms with Crippen LogP contribution in [0.1, 0.15) is 32.7 Å². The molecule has 0 spiro atoms. The summed E-state index contributed by atoms with van der Waals surface area (Å²) in [7, 11) is -3.35. The second-order valence-corrected chi connectivity index (χ2v) is 7.96. The van der Waals surface area contributed by atoms with Crippen LogP contribution >= 0.6 is 0 Å². The number of hydrazine groups is 1. The summed E-state index contributed by atoms with van der Waals surface area (Å²) in [5, 5.41) is 0. The number of fused-ring (bicyclic) bond motifs is 1. The van der Waals surface area contributed by atoms with Gasteiger partial charge >= 0.3 is 0 Å². The molecule has 2 aromatic carbocycles. The minimum absolute atomic E-state index is 0.354. The van der Waals surface area contributed by atoms with Crippen LogP contribution < -0.4 is 15.2 Å². The van der Waals surface area contributed by atoms with Crippen LogP contribution in [-0.2, 0) is 16.4 Å². The van der Waals surface area contributed by atoms with Gasteiger partial charge in [0.15, 0.2) is 0 Å². The molecule has 7 nitrogen and oxygen atoms in total. The fourth-order valence-electron chi connectivity index (χ4n) is 2.90. The van der Waals surface area contributed by atoms with E-state index in [9.17, 15) is 18.0 Å². The van der Waals surface area contributed by atoms with Crippen LogP contribution in [0.25, 0.3) is 0 Å². The second-order valence-electron chi connectivity index (χ2n) is 6.06. The molecule has 136 valence electrons. The van der Waals surface area contributed by atoms with Crippen LogP contribution in [0.15, 0.2) is 48.5 Å². The van der Waals surface area contributed by atoms with Crippen LogP contribution in [0.5, 0.6) is 0 Å². The Hall–Kier alpha value is -2.87. The standard InChI is InChI=1S/C18H19N3O4S/c1-26(24,25)21-11-5-8-14-12-15(9-10-16(14)21)18(23)20-19-17(22)13-6-3-2-4-7-13/h2-4,6-7,9-10,12H,5,8,11H2,1H3,(H,19,22)(H,20,23). The highest BCUT2D eigenvalue weighted by Crippen LogP contribution is 2.29. The van der Waals surface area contributed by atoms with E-state index in [1.54, 1.807) is 48.5 Å². The highest BCUT2D eigenvalue weighted by atomic mass is 32.2. The number of hydrogen-bond donors (Lipinski definition) is 2. The number of aryl methyl sites for hydroxylation is 1. The van der Waals surface area contributed by atoms with Crippen molar-refractivity contribution in [3.63, 3.8) is 0 Å². The van der Waals surface area contributed by atoms with E-state index >= 15 is 0 Å². The summed E-state index contributed by atoms with van der Waals surface area (Å²) in [5.41, 5.74) is 6.92. The largest absolute Gasteiger partial charge is 0.270 e. The Balaban J connectivity index is 1.72. The Labute approximate surface area is 152 Å². The first-order chi connectivity index (χ1) is 12.4. The van der Waals surface area contributed by atoms with Gasteiger partial charge in [-0.15, -0.1) is 0 Å². The number of benzene rings is 2. The average Bonchev–Trinajstić information content (AvgIpc) is 2.64. The normalized spacial score (nSPS) is 13.7. The van der Waals surface area contributed by atoms with Gasteiger partial charge in [0.25, 0.3) is 11.8 Å². The maximum atomic E-state index is 12.3. The number of nitrogens with one attached hydrogen (secondary N) is 2. The van der Waals surface area contributed by atoms with Crippen molar-refractivity contribution in [2.45, 2.75) is 12.8 Å². The quantitative estimate of drug-likeness (QED) is 0.797. The summed E-state index contributed by atoms with van der Waals surface area (Å²) in [6.07, 6.45) is 2.55. The predicted molar refractivity (Wildman–Crippen MR) is 98.3 cm³/mol. The summed E-state index contributed by atoms with van der Waals surface area (Å²) >= 11 is 0. The molecule has 0 saturated heterocycles. The zero-order chi connectivity index (χ0) is 18.7. The minimum atomic E-state index is -3.35. The van der Waals surface area contributed by atoms with Crippen LogP contribution in [0.4, 0.5) is 5.69 Å². The lowest BCUT2D eigenvalue weighted by Crippen LogP contribution is -2.41. The van der Waals surface area contributed by atoms with E-state index in [1.807, 2.05) is 0 Å². The van der Waals surface area contributed by atoms with Gasteiger partial charge in [-0.2, -0.15) is 0 Å². The molecule has 1 aliphatic rings. The molecule has 8 heteroatoms. The number of carbonyl (C=O) groups is 2. The van der Waals surface area contributed by atoms with Crippen molar-refractivity contribution in [2.75, 3.05) is 17.1 Å².